The minimum Gasteiger partial charge on any atom is -0.486 e. The maximum atomic E-state index is 15.3. The highest BCUT2D eigenvalue weighted by atomic mass is 19.2. The monoisotopic (exact) mass is 584 g/mol. The second kappa shape index (κ2) is 11.7. The quantitative estimate of drug-likeness (QED) is 0.373. The number of rotatable bonds is 8. The molecular weight excluding hydrogens is 550 g/mol. The molecule has 2 heterocycles. The van der Waals surface area contributed by atoms with Crippen LogP contribution >= 0.6 is 0 Å². The average molecular weight is 585 g/mol. The summed E-state index contributed by atoms with van der Waals surface area (Å²) in [5, 5.41) is 9.51. The van der Waals surface area contributed by atoms with E-state index in [9.17, 15) is 23.9 Å². The molecule has 224 valence electrons. The Bertz CT molecular complexity index is 1550. The summed E-state index contributed by atoms with van der Waals surface area (Å²) in [7, 11) is 0. The van der Waals surface area contributed by atoms with Crippen LogP contribution in [0.5, 0.6) is 5.75 Å². The van der Waals surface area contributed by atoms with Gasteiger partial charge in [-0.2, -0.15) is 4.39 Å². The van der Waals surface area contributed by atoms with Crippen LogP contribution in [-0.4, -0.2) is 58.0 Å². The molecule has 2 aromatic carbocycles. The van der Waals surface area contributed by atoms with Gasteiger partial charge in [0, 0.05) is 31.3 Å². The Kier molecular flexibility index (Phi) is 8.23. The first-order valence-electron chi connectivity index (χ1n) is 14.0. The molecule has 0 radical (unpaired) electrons. The highest BCUT2D eigenvalue weighted by Gasteiger charge is 2.38. The Balaban J connectivity index is 1.48. The van der Waals surface area contributed by atoms with Crippen LogP contribution in [0.1, 0.15) is 62.0 Å². The van der Waals surface area contributed by atoms with Crippen LogP contribution < -0.4 is 10.2 Å². The van der Waals surface area contributed by atoms with E-state index in [1.807, 2.05) is 6.07 Å². The number of fused-ring (bicyclic) bond motifs is 1. The van der Waals surface area contributed by atoms with E-state index in [2.05, 4.69) is 0 Å². The Hall–Kier alpha value is -3.99. The molecule has 9 nitrogen and oxygen atoms in total. The zero-order valence-corrected chi connectivity index (χ0v) is 23.8. The summed E-state index contributed by atoms with van der Waals surface area (Å²) in [6, 6.07) is 8.98. The van der Waals surface area contributed by atoms with Gasteiger partial charge in [0.25, 0.3) is 0 Å². The zero-order chi connectivity index (χ0) is 30.2. The van der Waals surface area contributed by atoms with Crippen molar-refractivity contribution in [3.8, 4) is 5.75 Å². The third-order valence-corrected chi connectivity index (χ3v) is 7.35. The van der Waals surface area contributed by atoms with Crippen molar-refractivity contribution >= 4 is 23.0 Å². The normalized spacial score (nSPS) is 18.8. The van der Waals surface area contributed by atoms with Crippen LogP contribution in [0.15, 0.2) is 47.4 Å². The molecule has 1 saturated heterocycles. The van der Waals surface area contributed by atoms with Crippen LogP contribution in [0.4, 0.5) is 13.6 Å². The lowest BCUT2D eigenvalue weighted by atomic mass is 10.1. The Morgan fingerprint density at radius 2 is 1.83 bits per heavy atom. The number of benzene rings is 2. The molecular formula is C31H34F2N2O7. The number of ether oxygens (including phenoxy) is 3. The molecule has 11 heteroatoms. The first kappa shape index (κ1) is 29.5. The molecule has 1 aliphatic carbocycles. The molecule has 1 aromatic heterocycles. The van der Waals surface area contributed by atoms with Crippen molar-refractivity contribution in [2.75, 3.05) is 19.8 Å². The number of aromatic nitrogens is 1. The lowest BCUT2D eigenvalue weighted by molar-refractivity contribution is 0.0180. The number of carbonyl (C=O) groups excluding carboxylic acids is 2. The molecule has 0 spiro atoms. The first-order valence-corrected chi connectivity index (χ1v) is 14.0. The number of pyridine rings is 1. The third kappa shape index (κ3) is 6.25. The molecule has 1 amide bonds. The second-order valence-electron chi connectivity index (χ2n) is 11.9. The van der Waals surface area contributed by atoms with Crippen LogP contribution in [0, 0.1) is 17.6 Å². The maximum absolute atomic E-state index is 15.3. The number of esters is 1. The smallest absolute Gasteiger partial charge is 0.410 e. The number of halogens is 2. The Labute approximate surface area is 241 Å². The van der Waals surface area contributed by atoms with Gasteiger partial charge in [-0.05, 0) is 51.7 Å². The summed E-state index contributed by atoms with van der Waals surface area (Å²) in [5.41, 5.74) is -1.10. The summed E-state index contributed by atoms with van der Waals surface area (Å²) >= 11 is 0. The SMILES string of the molecule is CC(C)(C)OC(=O)N1C[C@H](CO)C[C@H]1COc1c(F)c(F)cc2c(=O)c(C(=O)OCc3ccccc3)cn(C3CC3)c12. The summed E-state index contributed by atoms with van der Waals surface area (Å²) < 4.78 is 48.6. The first-order chi connectivity index (χ1) is 20.0. The van der Waals surface area contributed by atoms with Gasteiger partial charge in [0.05, 0.1) is 16.9 Å². The molecule has 42 heavy (non-hydrogen) atoms. The number of likely N-dealkylation sites (tertiary alicyclic amines) is 1. The second-order valence-corrected chi connectivity index (χ2v) is 11.9. The fourth-order valence-electron chi connectivity index (χ4n) is 5.18. The Morgan fingerprint density at radius 1 is 1.12 bits per heavy atom. The number of amides is 1. The molecule has 5 rings (SSSR count). The lowest BCUT2D eigenvalue weighted by Gasteiger charge is -2.28. The lowest BCUT2D eigenvalue weighted by Crippen LogP contribution is -2.42. The van der Waals surface area contributed by atoms with E-state index in [1.54, 1.807) is 49.6 Å². The number of nitrogens with zero attached hydrogens (tertiary/aromatic N) is 2. The van der Waals surface area contributed by atoms with Gasteiger partial charge < -0.3 is 28.8 Å². The van der Waals surface area contributed by atoms with E-state index >= 15 is 4.39 Å². The van der Waals surface area contributed by atoms with Gasteiger partial charge in [-0.3, -0.25) is 4.79 Å². The van der Waals surface area contributed by atoms with Crippen LogP contribution in [0.25, 0.3) is 10.9 Å². The van der Waals surface area contributed by atoms with E-state index in [0.29, 0.717) is 19.3 Å². The van der Waals surface area contributed by atoms with E-state index in [0.717, 1.165) is 11.6 Å². The number of aliphatic hydroxyl groups is 1. The maximum Gasteiger partial charge on any atom is 0.410 e. The van der Waals surface area contributed by atoms with Gasteiger partial charge >= 0.3 is 12.1 Å². The van der Waals surface area contributed by atoms with E-state index < -0.39 is 46.5 Å². The third-order valence-electron chi connectivity index (χ3n) is 7.35. The van der Waals surface area contributed by atoms with Gasteiger partial charge in [0.2, 0.25) is 11.2 Å². The molecule has 2 fully saturated rings. The predicted octanol–water partition coefficient (Wildman–Crippen LogP) is 4.97. The standard InChI is InChI=1S/C31H34F2N2O7/c1-31(2,3)42-30(39)35-13-19(15-36)11-21(35)17-40-28-25(33)24(32)12-22-26(28)34(20-9-10-20)14-23(27(22)37)29(38)41-16-18-7-5-4-6-8-18/h4-8,12,14,19-21,36H,9-11,13,15-17H2,1-3H3/t19-,21+/m1/s1. The van der Waals surface area contributed by atoms with Crippen molar-refractivity contribution in [3.63, 3.8) is 0 Å². The average Bonchev–Trinajstić information content (AvgIpc) is 3.71. The highest BCUT2D eigenvalue weighted by molar-refractivity contribution is 5.95. The molecule has 0 bridgehead atoms. The van der Waals surface area contributed by atoms with Crippen LogP contribution in [-0.2, 0) is 16.1 Å². The molecule has 1 N–H and O–H groups in total. The van der Waals surface area contributed by atoms with Gasteiger partial charge in [-0.25, -0.2) is 14.0 Å². The van der Waals surface area contributed by atoms with Crippen molar-refractivity contribution < 1.29 is 37.7 Å². The van der Waals surface area contributed by atoms with E-state index in [4.69, 9.17) is 14.2 Å². The Morgan fingerprint density at radius 3 is 2.48 bits per heavy atom. The van der Waals surface area contributed by atoms with Crippen molar-refractivity contribution in [1.29, 1.82) is 0 Å². The molecule has 2 aliphatic rings. The molecule has 0 unspecified atom stereocenters. The summed E-state index contributed by atoms with van der Waals surface area (Å²) in [6.07, 6.45) is 2.50. The van der Waals surface area contributed by atoms with Crippen molar-refractivity contribution in [1.82, 2.24) is 9.47 Å². The molecule has 2 atom stereocenters. The van der Waals surface area contributed by atoms with Crippen molar-refractivity contribution in [2.45, 2.75) is 64.3 Å². The molecule has 1 saturated carbocycles. The largest absolute Gasteiger partial charge is 0.486 e. The van der Waals surface area contributed by atoms with Gasteiger partial charge in [0.15, 0.2) is 11.6 Å². The van der Waals surface area contributed by atoms with Crippen LogP contribution in [0.2, 0.25) is 0 Å². The van der Waals surface area contributed by atoms with E-state index in [-0.39, 0.29) is 54.8 Å². The fourth-order valence-corrected chi connectivity index (χ4v) is 5.18. The fraction of sp³-hybridized carbons (Fsp3) is 0.452. The summed E-state index contributed by atoms with van der Waals surface area (Å²) in [5.74, 6) is -4.18. The van der Waals surface area contributed by atoms with Gasteiger partial charge in [0.1, 0.15) is 24.4 Å². The summed E-state index contributed by atoms with van der Waals surface area (Å²) in [4.78, 5) is 40.7. The van der Waals surface area contributed by atoms with Crippen molar-refractivity contribution in [2.24, 2.45) is 5.92 Å². The minimum absolute atomic E-state index is 0.0292. The minimum atomic E-state index is -1.31. The topological polar surface area (TPSA) is 107 Å². The zero-order valence-electron chi connectivity index (χ0n) is 23.8. The molecule has 1 aliphatic heterocycles. The van der Waals surface area contributed by atoms with Gasteiger partial charge in [-0.15, -0.1) is 0 Å². The van der Waals surface area contributed by atoms with E-state index in [1.165, 1.54) is 11.1 Å². The number of aliphatic hydroxyl groups excluding tert-OH is 1. The predicted molar refractivity (Wildman–Crippen MR) is 149 cm³/mol. The molecule has 3 aromatic rings. The van der Waals surface area contributed by atoms with Gasteiger partial charge in [-0.1, -0.05) is 30.3 Å². The number of hydrogen-bond acceptors (Lipinski definition) is 7. The van der Waals surface area contributed by atoms with Crippen molar-refractivity contribution in [3.05, 3.63) is 75.6 Å². The summed E-state index contributed by atoms with van der Waals surface area (Å²) in [6.45, 7) is 4.94. The number of hydrogen-bond donors (Lipinski definition) is 1. The highest BCUT2D eigenvalue weighted by Crippen LogP contribution is 2.41. The number of carbonyl (C=O) groups is 2. The van der Waals surface area contributed by atoms with Crippen LogP contribution in [0.3, 0.4) is 0 Å².